The fourth-order valence-electron chi connectivity index (χ4n) is 1.92. The van der Waals surface area contributed by atoms with Gasteiger partial charge >= 0.3 is 0 Å². The van der Waals surface area contributed by atoms with E-state index >= 15 is 0 Å². The summed E-state index contributed by atoms with van der Waals surface area (Å²) in [6, 6.07) is 1.91. The molecule has 102 valence electrons. The van der Waals surface area contributed by atoms with Gasteiger partial charge in [-0.3, -0.25) is 4.79 Å². The number of rotatable bonds is 4. The van der Waals surface area contributed by atoms with E-state index in [9.17, 15) is 4.79 Å². The molecule has 2 aromatic rings. The topological polar surface area (TPSA) is 71.2 Å². The molecular weight excluding hydrogens is 260 g/mol. The van der Waals surface area contributed by atoms with Gasteiger partial charge in [-0.25, -0.2) is 4.98 Å². The second-order valence-corrected chi connectivity index (χ2v) is 5.48. The van der Waals surface area contributed by atoms with Crippen LogP contribution in [0, 0.1) is 6.92 Å². The second kappa shape index (κ2) is 5.54. The molecule has 0 aliphatic carbocycles. The van der Waals surface area contributed by atoms with Gasteiger partial charge in [0.1, 0.15) is 9.71 Å². The number of thiophene rings is 1. The van der Waals surface area contributed by atoms with Crippen molar-refractivity contribution in [3.05, 3.63) is 22.7 Å². The first-order valence-electron chi connectivity index (χ1n) is 6.10. The highest BCUT2D eigenvalue weighted by Crippen LogP contribution is 2.34. The predicted octanol–water partition coefficient (Wildman–Crippen LogP) is 1.48. The summed E-state index contributed by atoms with van der Waals surface area (Å²) in [6.07, 6.45) is 1.74. The number of aryl methyl sites for hydroxylation is 1. The fraction of sp³-hybridized carbons (Fsp3) is 0.385. The number of nitrogens with two attached hydrogens (primary N) is 1. The van der Waals surface area contributed by atoms with Crippen molar-refractivity contribution < 1.29 is 4.79 Å². The van der Waals surface area contributed by atoms with E-state index in [0.29, 0.717) is 17.1 Å². The Hall–Kier alpha value is -1.66. The number of nitrogens with one attached hydrogen (secondary N) is 1. The molecule has 2 aromatic heterocycles. The number of anilines is 1. The van der Waals surface area contributed by atoms with Crippen LogP contribution in [0.1, 0.15) is 15.2 Å². The smallest absolute Gasteiger partial charge is 0.265 e. The van der Waals surface area contributed by atoms with E-state index < -0.39 is 0 Å². The summed E-state index contributed by atoms with van der Waals surface area (Å²) < 4.78 is 0. The van der Waals surface area contributed by atoms with Crippen LogP contribution in [0.5, 0.6) is 0 Å². The zero-order valence-corrected chi connectivity index (χ0v) is 12.2. The van der Waals surface area contributed by atoms with Gasteiger partial charge in [0.2, 0.25) is 0 Å². The summed E-state index contributed by atoms with van der Waals surface area (Å²) in [5.74, 6) is -0.0462. The molecule has 0 aliphatic rings. The summed E-state index contributed by atoms with van der Waals surface area (Å²) in [5.41, 5.74) is 7.71. The van der Waals surface area contributed by atoms with Crippen LogP contribution in [-0.4, -0.2) is 43.0 Å². The number of aromatic nitrogens is 1. The van der Waals surface area contributed by atoms with Crippen LogP contribution in [0.25, 0.3) is 10.2 Å². The van der Waals surface area contributed by atoms with Gasteiger partial charge in [-0.05, 0) is 25.6 Å². The normalized spacial score (nSPS) is 10.9. The molecule has 0 saturated heterocycles. The third-order valence-corrected chi connectivity index (χ3v) is 4.18. The maximum Gasteiger partial charge on any atom is 0.265 e. The molecule has 0 unspecified atom stereocenters. The second-order valence-electron chi connectivity index (χ2n) is 4.48. The first-order chi connectivity index (χ1) is 9.06. The molecule has 19 heavy (non-hydrogen) atoms. The number of nitrogens with zero attached hydrogens (tertiary/aromatic N) is 2. The Morgan fingerprint density at radius 1 is 1.58 bits per heavy atom. The average molecular weight is 278 g/mol. The highest BCUT2D eigenvalue weighted by atomic mass is 32.1. The van der Waals surface area contributed by atoms with E-state index in [1.54, 1.807) is 18.1 Å². The Kier molecular flexibility index (Phi) is 4.01. The molecule has 0 spiro atoms. The number of likely N-dealkylation sites (N-methyl/N-ethyl adjacent to an activating group) is 2. The number of pyridine rings is 1. The first-order valence-corrected chi connectivity index (χ1v) is 6.91. The largest absolute Gasteiger partial charge is 0.397 e. The molecule has 6 heteroatoms. The van der Waals surface area contributed by atoms with Crippen molar-refractivity contribution >= 4 is 33.1 Å². The lowest BCUT2D eigenvalue weighted by Crippen LogP contribution is -2.32. The first kappa shape index (κ1) is 13.8. The Labute approximate surface area is 116 Å². The van der Waals surface area contributed by atoms with Gasteiger partial charge in [0.25, 0.3) is 5.91 Å². The molecule has 2 rings (SSSR count). The molecule has 0 radical (unpaired) electrons. The monoisotopic (exact) mass is 278 g/mol. The van der Waals surface area contributed by atoms with Crippen LogP contribution in [0.2, 0.25) is 0 Å². The van der Waals surface area contributed by atoms with Crippen molar-refractivity contribution in [3.63, 3.8) is 0 Å². The molecule has 0 atom stereocenters. The van der Waals surface area contributed by atoms with E-state index in [1.807, 2.05) is 20.0 Å². The highest BCUT2D eigenvalue weighted by molar-refractivity contribution is 7.21. The van der Waals surface area contributed by atoms with E-state index in [4.69, 9.17) is 5.73 Å². The molecule has 0 bridgehead atoms. The van der Waals surface area contributed by atoms with Gasteiger partial charge < -0.3 is 16.0 Å². The van der Waals surface area contributed by atoms with Crippen molar-refractivity contribution in [2.45, 2.75) is 6.92 Å². The summed E-state index contributed by atoms with van der Waals surface area (Å²) in [6.45, 7) is 3.38. The van der Waals surface area contributed by atoms with Crippen molar-refractivity contribution in [1.29, 1.82) is 0 Å². The van der Waals surface area contributed by atoms with E-state index in [2.05, 4.69) is 10.3 Å². The Morgan fingerprint density at radius 2 is 2.32 bits per heavy atom. The lowest BCUT2D eigenvalue weighted by Gasteiger charge is -2.16. The van der Waals surface area contributed by atoms with Gasteiger partial charge in [0.05, 0.1) is 5.69 Å². The van der Waals surface area contributed by atoms with Gasteiger partial charge in [-0.2, -0.15) is 0 Å². The molecule has 1 amide bonds. The van der Waals surface area contributed by atoms with Gasteiger partial charge in [-0.15, -0.1) is 11.3 Å². The van der Waals surface area contributed by atoms with Crippen molar-refractivity contribution in [3.8, 4) is 0 Å². The average Bonchev–Trinajstić information content (AvgIpc) is 2.73. The van der Waals surface area contributed by atoms with Crippen LogP contribution in [-0.2, 0) is 0 Å². The zero-order valence-electron chi connectivity index (χ0n) is 11.4. The third-order valence-electron chi connectivity index (χ3n) is 3.08. The van der Waals surface area contributed by atoms with E-state index in [0.717, 1.165) is 22.3 Å². The summed E-state index contributed by atoms with van der Waals surface area (Å²) in [5, 5.41) is 3.92. The van der Waals surface area contributed by atoms with Crippen LogP contribution < -0.4 is 11.1 Å². The summed E-state index contributed by atoms with van der Waals surface area (Å²) in [4.78, 5) is 19.7. The predicted molar refractivity (Wildman–Crippen MR) is 79.7 cm³/mol. The lowest BCUT2D eigenvalue weighted by molar-refractivity contribution is 0.0802. The number of hydrogen-bond acceptors (Lipinski definition) is 5. The lowest BCUT2D eigenvalue weighted by atomic mass is 10.1. The van der Waals surface area contributed by atoms with Crippen molar-refractivity contribution in [1.82, 2.24) is 15.2 Å². The molecule has 0 fully saturated rings. The van der Waals surface area contributed by atoms with Crippen LogP contribution in [0.3, 0.4) is 0 Å². The quantitative estimate of drug-likeness (QED) is 0.888. The molecule has 0 aliphatic heterocycles. The number of carbonyl (C=O) groups excluding carboxylic acids is 1. The minimum absolute atomic E-state index is 0.0462. The van der Waals surface area contributed by atoms with Gasteiger partial charge in [0.15, 0.2) is 0 Å². The number of amides is 1. The van der Waals surface area contributed by atoms with Crippen molar-refractivity contribution in [2.24, 2.45) is 0 Å². The number of fused-ring (bicyclic) bond motifs is 1. The number of nitrogen functional groups attached to an aromatic ring is 1. The summed E-state index contributed by atoms with van der Waals surface area (Å²) in [7, 11) is 3.64. The third kappa shape index (κ3) is 2.54. The van der Waals surface area contributed by atoms with Crippen LogP contribution in [0.15, 0.2) is 12.3 Å². The van der Waals surface area contributed by atoms with E-state index in [1.165, 1.54) is 11.3 Å². The van der Waals surface area contributed by atoms with Gasteiger partial charge in [-0.1, -0.05) is 0 Å². The highest BCUT2D eigenvalue weighted by Gasteiger charge is 2.20. The Morgan fingerprint density at radius 3 is 2.95 bits per heavy atom. The zero-order chi connectivity index (χ0) is 14.0. The van der Waals surface area contributed by atoms with Crippen molar-refractivity contribution in [2.75, 3.05) is 32.9 Å². The maximum absolute atomic E-state index is 12.4. The molecule has 0 saturated carbocycles. The minimum Gasteiger partial charge on any atom is -0.397 e. The Balaban J connectivity index is 2.38. The van der Waals surface area contributed by atoms with Crippen LogP contribution in [0.4, 0.5) is 5.69 Å². The van der Waals surface area contributed by atoms with Crippen LogP contribution >= 0.6 is 11.3 Å². The van der Waals surface area contributed by atoms with Gasteiger partial charge in [0, 0.05) is 31.7 Å². The fourth-order valence-corrected chi connectivity index (χ4v) is 3.05. The molecule has 5 nitrogen and oxygen atoms in total. The molecule has 0 aromatic carbocycles. The molecule has 3 N–H and O–H groups in total. The maximum atomic E-state index is 12.4. The molecule has 2 heterocycles. The van der Waals surface area contributed by atoms with E-state index in [-0.39, 0.29) is 5.91 Å². The number of hydrogen-bond donors (Lipinski definition) is 2. The SMILES string of the molecule is CNCCN(C)C(=O)c1sc2nccc(C)c2c1N. The summed E-state index contributed by atoms with van der Waals surface area (Å²) >= 11 is 1.36. The number of carbonyl (C=O) groups is 1. The standard InChI is InChI=1S/C13H18N4OS/c1-8-4-5-16-12-9(8)10(14)11(19-12)13(18)17(3)7-6-15-2/h4-5,15H,6-7,14H2,1-3H3. The minimum atomic E-state index is -0.0462. The Bertz CT molecular complexity index is 608. The molecular formula is C13H18N4OS.